The third-order valence-corrected chi connectivity index (χ3v) is 12.8. The zero-order chi connectivity index (χ0) is 44.4. The van der Waals surface area contributed by atoms with Crippen LogP contribution in [0.15, 0.2) is 12.2 Å². The van der Waals surface area contributed by atoms with E-state index in [1.165, 1.54) is 225 Å². The molecule has 0 radical (unpaired) electrons. The number of rotatable bonds is 51. The minimum absolute atomic E-state index is 0.000000846. The molecule has 6 heteroatoms. The van der Waals surface area contributed by atoms with Crippen molar-refractivity contribution in [3.8, 4) is 0 Å². The summed E-state index contributed by atoms with van der Waals surface area (Å²) in [5.41, 5.74) is 0. The van der Waals surface area contributed by atoms with E-state index in [-0.39, 0.29) is 18.5 Å². The van der Waals surface area contributed by atoms with Crippen LogP contribution in [0.3, 0.4) is 0 Å². The monoisotopic (exact) mass is 862 g/mol. The second-order valence-corrected chi connectivity index (χ2v) is 18.9. The van der Waals surface area contributed by atoms with Gasteiger partial charge < -0.3 is 20.3 Å². The van der Waals surface area contributed by atoms with E-state index in [1.54, 1.807) is 0 Å². The van der Waals surface area contributed by atoms with Crippen LogP contribution in [-0.2, 0) is 14.3 Å². The van der Waals surface area contributed by atoms with Crippen molar-refractivity contribution in [2.75, 3.05) is 13.2 Å². The summed E-state index contributed by atoms with van der Waals surface area (Å²) in [6, 6.07) is -0.542. The molecule has 0 aliphatic carbocycles. The van der Waals surface area contributed by atoms with Gasteiger partial charge >= 0.3 is 5.97 Å². The lowest BCUT2D eigenvalue weighted by Gasteiger charge is -2.22. The average molecular weight is 862 g/mol. The molecule has 0 fully saturated rings. The van der Waals surface area contributed by atoms with E-state index in [0.29, 0.717) is 25.9 Å². The van der Waals surface area contributed by atoms with Crippen LogP contribution in [0, 0.1) is 0 Å². The number of amides is 1. The zero-order valence-corrected chi connectivity index (χ0v) is 41.2. The molecule has 61 heavy (non-hydrogen) atoms. The summed E-state index contributed by atoms with van der Waals surface area (Å²) in [6.45, 7) is 4.93. The second-order valence-electron chi connectivity index (χ2n) is 18.9. The Bertz CT molecular complexity index is 909. The Kier molecular flexibility index (Phi) is 50.1. The first-order valence-corrected chi connectivity index (χ1v) is 27.4. The Morgan fingerprint density at radius 1 is 0.443 bits per heavy atom. The molecule has 0 heterocycles. The summed E-state index contributed by atoms with van der Waals surface area (Å²) in [6.07, 6.45) is 59.1. The largest absolute Gasteiger partial charge is 0.466 e. The van der Waals surface area contributed by atoms with Crippen LogP contribution in [0.4, 0.5) is 0 Å². The van der Waals surface area contributed by atoms with Crippen LogP contribution in [0.1, 0.15) is 303 Å². The normalized spacial score (nSPS) is 12.7. The summed E-state index contributed by atoms with van der Waals surface area (Å²) >= 11 is 0. The number of aliphatic hydroxyl groups excluding tert-OH is 2. The number of unbranched alkanes of at least 4 members (excludes halogenated alkanes) is 38. The highest BCUT2D eigenvalue weighted by Gasteiger charge is 2.20. The number of hydrogen-bond acceptors (Lipinski definition) is 5. The summed E-state index contributed by atoms with van der Waals surface area (Å²) in [7, 11) is 0. The predicted octanol–water partition coefficient (Wildman–Crippen LogP) is 16.5. The van der Waals surface area contributed by atoms with Crippen molar-refractivity contribution < 1.29 is 24.5 Å². The van der Waals surface area contributed by atoms with Crippen molar-refractivity contribution in [2.45, 2.75) is 315 Å². The fourth-order valence-electron chi connectivity index (χ4n) is 8.58. The van der Waals surface area contributed by atoms with Gasteiger partial charge in [-0.3, -0.25) is 9.59 Å². The molecular formula is C55H107NO5. The molecule has 0 aromatic heterocycles. The number of hydrogen-bond donors (Lipinski definition) is 3. The summed E-state index contributed by atoms with van der Waals surface area (Å²) < 4.78 is 5.46. The molecule has 1 amide bonds. The molecular weight excluding hydrogens is 755 g/mol. The molecule has 0 rings (SSSR count). The van der Waals surface area contributed by atoms with Gasteiger partial charge in [0, 0.05) is 12.8 Å². The molecule has 0 aliphatic heterocycles. The van der Waals surface area contributed by atoms with E-state index in [1.807, 2.05) is 0 Å². The summed E-state index contributed by atoms with van der Waals surface area (Å²) in [5, 5.41) is 23.2. The Balaban J connectivity index is 3.39. The standard InChI is InChI=1S/C55H107NO5/c1-3-5-7-9-11-13-15-24-29-33-37-41-45-49-55(60)61-50-46-42-38-34-30-26-23-21-19-17-18-20-22-25-28-32-36-40-44-48-54(59)56-52(51-57)53(58)47-43-39-35-31-27-16-14-12-10-8-6-4-2/h13,15,52-53,57-58H,3-12,14,16-51H2,1-2H3,(H,56,59)/b15-13-. The van der Waals surface area contributed by atoms with Gasteiger partial charge in [0.25, 0.3) is 0 Å². The number of ether oxygens (including phenoxy) is 1. The molecule has 0 saturated carbocycles. The lowest BCUT2D eigenvalue weighted by atomic mass is 10.0. The highest BCUT2D eigenvalue weighted by molar-refractivity contribution is 5.76. The number of aliphatic hydroxyl groups is 2. The van der Waals surface area contributed by atoms with Gasteiger partial charge in [-0.2, -0.15) is 0 Å². The molecule has 0 aromatic rings. The van der Waals surface area contributed by atoms with Crippen LogP contribution in [0.2, 0.25) is 0 Å². The first kappa shape index (κ1) is 59.6. The van der Waals surface area contributed by atoms with Crippen molar-refractivity contribution in [2.24, 2.45) is 0 Å². The minimum Gasteiger partial charge on any atom is -0.466 e. The van der Waals surface area contributed by atoms with Crippen molar-refractivity contribution in [3.63, 3.8) is 0 Å². The highest BCUT2D eigenvalue weighted by atomic mass is 16.5. The molecule has 0 spiro atoms. The Morgan fingerprint density at radius 2 is 0.770 bits per heavy atom. The van der Waals surface area contributed by atoms with Crippen molar-refractivity contribution in [1.29, 1.82) is 0 Å². The quantitative estimate of drug-likeness (QED) is 0.0322. The maximum Gasteiger partial charge on any atom is 0.305 e. The highest BCUT2D eigenvalue weighted by Crippen LogP contribution is 2.17. The van der Waals surface area contributed by atoms with Crippen LogP contribution in [0.5, 0.6) is 0 Å². The van der Waals surface area contributed by atoms with Crippen LogP contribution in [0.25, 0.3) is 0 Å². The van der Waals surface area contributed by atoms with Gasteiger partial charge in [-0.05, 0) is 51.4 Å². The molecule has 0 bridgehead atoms. The summed E-state index contributed by atoms with van der Waals surface area (Å²) in [4.78, 5) is 24.4. The van der Waals surface area contributed by atoms with Gasteiger partial charge in [0.2, 0.25) is 5.91 Å². The van der Waals surface area contributed by atoms with Gasteiger partial charge in [0.15, 0.2) is 0 Å². The molecule has 362 valence electrons. The van der Waals surface area contributed by atoms with Gasteiger partial charge in [0.05, 0.1) is 25.4 Å². The molecule has 2 atom stereocenters. The first-order valence-electron chi connectivity index (χ1n) is 27.4. The van der Waals surface area contributed by atoms with E-state index in [9.17, 15) is 19.8 Å². The van der Waals surface area contributed by atoms with E-state index >= 15 is 0 Å². The lowest BCUT2D eigenvalue weighted by Crippen LogP contribution is -2.45. The molecule has 0 aromatic carbocycles. The minimum atomic E-state index is -0.664. The van der Waals surface area contributed by atoms with E-state index < -0.39 is 12.1 Å². The SMILES string of the molecule is CCCCCC/C=C\CCCCCCCC(=O)OCCCCCCCCCCCCCCCCCCCCCC(=O)NC(CO)C(O)CCCCCCCCCCCCCC. The average Bonchev–Trinajstić information content (AvgIpc) is 3.26. The maximum absolute atomic E-state index is 12.4. The van der Waals surface area contributed by atoms with Crippen molar-refractivity contribution >= 4 is 11.9 Å². The third-order valence-electron chi connectivity index (χ3n) is 12.8. The summed E-state index contributed by atoms with van der Waals surface area (Å²) in [5.74, 6) is -0.0377. The lowest BCUT2D eigenvalue weighted by molar-refractivity contribution is -0.143. The first-order chi connectivity index (χ1) is 30.0. The predicted molar refractivity (Wildman–Crippen MR) is 264 cm³/mol. The zero-order valence-electron chi connectivity index (χ0n) is 41.2. The van der Waals surface area contributed by atoms with Gasteiger partial charge in [0.1, 0.15) is 0 Å². The Hall–Kier alpha value is -1.40. The number of nitrogens with one attached hydrogen (secondary N) is 1. The second kappa shape index (κ2) is 51.2. The van der Waals surface area contributed by atoms with Crippen molar-refractivity contribution in [3.05, 3.63) is 12.2 Å². The van der Waals surface area contributed by atoms with Gasteiger partial charge in [-0.25, -0.2) is 0 Å². The molecule has 2 unspecified atom stereocenters. The fourth-order valence-corrected chi connectivity index (χ4v) is 8.58. The Labute approximate surface area is 380 Å². The number of allylic oxidation sites excluding steroid dienone is 2. The third kappa shape index (κ3) is 47.9. The van der Waals surface area contributed by atoms with E-state index in [2.05, 4.69) is 31.3 Å². The number of carbonyl (C=O) groups excluding carboxylic acids is 2. The van der Waals surface area contributed by atoms with Crippen LogP contribution < -0.4 is 5.32 Å². The molecule has 3 N–H and O–H groups in total. The Morgan fingerprint density at radius 3 is 1.18 bits per heavy atom. The molecule has 0 aliphatic rings. The molecule has 6 nitrogen and oxygen atoms in total. The molecule has 0 saturated heterocycles. The van der Waals surface area contributed by atoms with Crippen LogP contribution in [-0.4, -0.2) is 47.4 Å². The fraction of sp³-hybridized carbons (Fsp3) is 0.927. The maximum atomic E-state index is 12.4. The smallest absolute Gasteiger partial charge is 0.305 e. The van der Waals surface area contributed by atoms with Crippen LogP contribution >= 0.6 is 0 Å². The topological polar surface area (TPSA) is 95.9 Å². The van der Waals surface area contributed by atoms with E-state index in [4.69, 9.17) is 4.74 Å². The van der Waals surface area contributed by atoms with Gasteiger partial charge in [-0.15, -0.1) is 0 Å². The van der Waals surface area contributed by atoms with E-state index in [0.717, 1.165) is 44.9 Å². The number of esters is 1. The van der Waals surface area contributed by atoms with Crippen molar-refractivity contribution in [1.82, 2.24) is 5.32 Å². The number of carbonyl (C=O) groups is 2. The van der Waals surface area contributed by atoms with Gasteiger partial charge in [-0.1, -0.05) is 251 Å².